The Morgan fingerprint density at radius 3 is 2.22 bits per heavy atom. The number of nitrogens with zero attached hydrogens (tertiary/aromatic N) is 1. The first-order chi connectivity index (χ1) is 17.7. The van der Waals surface area contributed by atoms with Crippen molar-refractivity contribution in [1.82, 2.24) is 16.0 Å². The highest BCUT2D eigenvalue weighted by atomic mass is 16.6. The standard InChI is InChI=1S/C23H24N4O10/c1-35-20(29)11-18(26-19(28)12-25-23(32)36-14-15-5-3-2-4-6-15)22(31)24-13-21(30)37-17-9-7-16(8-10-17)27(33)34/h2-10,18H,11-14H2,1H3,(H,24,31)(H,25,32)(H,26,28). The van der Waals surface area contributed by atoms with Crippen LogP contribution in [-0.4, -0.2) is 61.0 Å². The zero-order chi connectivity index (χ0) is 27.2. The van der Waals surface area contributed by atoms with E-state index in [1.165, 1.54) is 12.1 Å². The lowest BCUT2D eigenvalue weighted by atomic mass is 10.2. The van der Waals surface area contributed by atoms with Crippen LogP contribution >= 0.6 is 0 Å². The van der Waals surface area contributed by atoms with Gasteiger partial charge in [-0.1, -0.05) is 30.3 Å². The Labute approximate surface area is 210 Å². The molecule has 0 radical (unpaired) electrons. The van der Waals surface area contributed by atoms with E-state index in [0.29, 0.717) is 0 Å². The normalized spacial score (nSPS) is 10.8. The Balaban J connectivity index is 1.82. The Bertz CT molecular complexity index is 1120. The van der Waals surface area contributed by atoms with Crippen LogP contribution in [0.5, 0.6) is 5.75 Å². The number of amides is 3. The van der Waals surface area contributed by atoms with Gasteiger partial charge in [-0.15, -0.1) is 0 Å². The van der Waals surface area contributed by atoms with E-state index >= 15 is 0 Å². The van der Waals surface area contributed by atoms with Crippen LogP contribution in [0.15, 0.2) is 54.6 Å². The number of benzene rings is 2. The molecule has 14 heteroatoms. The van der Waals surface area contributed by atoms with E-state index in [2.05, 4.69) is 20.7 Å². The summed E-state index contributed by atoms with van der Waals surface area (Å²) in [7, 11) is 1.09. The number of carbonyl (C=O) groups is 5. The molecule has 14 nitrogen and oxygen atoms in total. The molecule has 1 atom stereocenters. The Kier molecular flexibility index (Phi) is 11.0. The molecule has 0 aliphatic rings. The van der Waals surface area contributed by atoms with Crippen LogP contribution in [0, 0.1) is 10.1 Å². The average molecular weight is 516 g/mol. The molecule has 0 aliphatic carbocycles. The van der Waals surface area contributed by atoms with Gasteiger partial charge in [0.1, 0.15) is 31.5 Å². The second-order valence-electron chi connectivity index (χ2n) is 7.26. The minimum atomic E-state index is -1.42. The highest BCUT2D eigenvalue weighted by molar-refractivity contribution is 5.93. The maximum Gasteiger partial charge on any atom is 0.407 e. The van der Waals surface area contributed by atoms with Crippen molar-refractivity contribution < 1.29 is 43.1 Å². The molecule has 0 bridgehead atoms. The van der Waals surface area contributed by atoms with Crippen LogP contribution < -0.4 is 20.7 Å². The molecule has 37 heavy (non-hydrogen) atoms. The number of hydrogen-bond donors (Lipinski definition) is 3. The summed E-state index contributed by atoms with van der Waals surface area (Å²) in [4.78, 5) is 70.2. The van der Waals surface area contributed by atoms with Crippen molar-refractivity contribution in [3.05, 3.63) is 70.3 Å². The van der Waals surface area contributed by atoms with Crippen molar-refractivity contribution in [1.29, 1.82) is 0 Å². The maximum absolute atomic E-state index is 12.5. The number of non-ortho nitro benzene ring substituents is 1. The minimum absolute atomic E-state index is 0.00878. The van der Waals surface area contributed by atoms with Gasteiger partial charge in [-0.25, -0.2) is 9.59 Å². The molecule has 2 rings (SSSR count). The Hall–Kier alpha value is -5.01. The first kappa shape index (κ1) is 28.2. The van der Waals surface area contributed by atoms with Gasteiger partial charge < -0.3 is 30.2 Å². The van der Waals surface area contributed by atoms with Gasteiger partial charge in [0.15, 0.2) is 0 Å². The molecule has 0 saturated carbocycles. The van der Waals surface area contributed by atoms with Crippen molar-refractivity contribution in [2.45, 2.75) is 19.1 Å². The second-order valence-corrected chi connectivity index (χ2v) is 7.26. The zero-order valence-corrected chi connectivity index (χ0v) is 19.6. The number of hydrogen-bond acceptors (Lipinski definition) is 10. The quantitative estimate of drug-likeness (QED) is 0.156. The molecule has 0 heterocycles. The number of methoxy groups -OCH3 is 1. The summed E-state index contributed by atoms with van der Waals surface area (Å²) >= 11 is 0. The lowest BCUT2D eigenvalue weighted by Gasteiger charge is -2.17. The van der Waals surface area contributed by atoms with E-state index in [9.17, 15) is 34.1 Å². The summed E-state index contributed by atoms with van der Waals surface area (Å²) in [5.41, 5.74) is 0.539. The van der Waals surface area contributed by atoms with Gasteiger partial charge >= 0.3 is 18.0 Å². The van der Waals surface area contributed by atoms with E-state index in [1.54, 1.807) is 30.3 Å². The number of nitro groups is 1. The maximum atomic E-state index is 12.5. The number of nitro benzene ring substituents is 1. The van der Waals surface area contributed by atoms with Crippen LogP contribution in [0.1, 0.15) is 12.0 Å². The van der Waals surface area contributed by atoms with Gasteiger partial charge in [-0.05, 0) is 17.7 Å². The molecule has 0 aliphatic heterocycles. The van der Waals surface area contributed by atoms with E-state index < -0.39 is 60.3 Å². The third-order valence-electron chi connectivity index (χ3n) is 4.54. The highest BCUT2D eigenvalue weighted by Crippen LogP contribution is 2.17. The SMILES string of the molecule is COC(=O)CC(NC(=O)CNC(=O)OCc1ccccc1)C(=O)NCC(=O)Oc1ccc([N+](=O)[O-])cc1. The van der Waals surface area contributed by atoms with Crippen LogP contribution in [0.3, 0.4) is 0 Å². The molecular weight excluding hydrogens is 492 g/mol. The van der Waals surface area contributed by atoms with Gasteiger partial charge in [-0.3, -0.25) is 24.5 Å². The fraction of sp³-hybridized carbons (Fsp3) is 0.261. The van der Waals surface area contributed by atoms with Crippen LogP contribution in [0.2, 0.25) is 0 Å². The zero-order valence-electron chi connectivity index (χ0n) is 19.6. The number of esters is 2. The topological polar surface area (TPSA) is 192 Å². The van der Waals surface area contributed by atoms with Crippen molar-refractivity contribution in [3.63, 3.8) is 0 Å². The second kappa shape index (κ2) is 14.4. The molecule has 0 saturated heterocycles. The number of rotatable bonds is 12. The molecule has 3 amide bonds. The van der Waals surface area contributed by atoms with E-state index in [-0.39, 0.29) is 18.0 Å². The predicted octanol–water partition coefficient (Wildman–Crippen LogP) is 0.591. The lowest BCUT2D eigenvalue weighted by molar-refractivity contribution is -0.384. The largest absolute Gasteiger partial charge is 0.469 e. The molecule has 1 unspecified atom stereocenters. The monoisotopic (exact) mass is 516 g/mol. The molecule has 0 spiro atoms. The summed E-state index contributed by atoms with van der Waals surface area (Å²) in [5.74, 6) is -3.42. The smallest absolute Gasteiger partial charge is 0.407 e. The third kappa shape index (κ3) is 10.4. The van der Waals surface area contributed by atoms with Crippen molar-refractivity contribution in [2.75, 3.05) is 20.2 Å². The molecule has 0 fully saturated rings. The first-order valence-corrected chi connectivity index (χ1v) is 10.7. The van der Waals surface area contributed by atoms with Crippen molar-refractivity contribution in [2.24, 2.45) is 0 Å². The number of carbonyl (C=O) groups excluding carboxylic acids is 5. The third-order valence-corrected chi connectivity index (χ3v) is 4.54. The van der Waals surface area contributed by atoms with Gasteiger partial charge in [0.25, 0.3) is 5.69 Å². The fourth-order valence-corrected chi connectivity index (χ4v) is 2.72. The molecule has 2 aromatic rings. The van der Waals surface area contributed by atoms with Crippen LogP contribution in [0.25, 0.3) is 0 Å². The Morgan fingerprint density at radius 2 is 1.59 bits per heavy atom. The highest BCUT2D eigenvalue weighted by Gasteiger charge is 2.25. The van der Waals surface area contributed by atoms with E-state index in [1.807, 2.05) is 0 Å². The number of alkyl carbamates (subject to hydrolysis) is 1. The summed E-state index contributed by atoms with van der Waals surface area (Å²) in [6.45, 7) is -1.20. The minimum Gasteiger partial charge on any atom is -0.469 e. The molecule has 2 aromatic carbocycles. The Morgan fingerprint density at radius 1 is 0.919 bits per heavy atom. The molecule has 0 aromatic heterocycles. The summed E-state index contributed by atoms with van der Waals surface area (Å²) < 4.78 is 14.5. The lowest BCUT2D eigenvalue weighted by Crippen LogP contribution is -2.51. The summed E-state index contributed by atoms with van der Waals surface area (Å²) in [5, 5.41) is 17.4. The number of ether oxygens (including phenoxy) is 3. The summed E-state index contributed by atoms with van der Waals surface area (Å²) in [6.07, 6.45) is -1.42. The number of nitrogens with one attached hydrogen (secondary N) is 3. The molecule has 196 valence electrons. The van der Waals surface area contributed by atoms with Gasteiger partial charge in [0.2, 0.25) is 11.8 Å². The van der Waals surface area contributed by atoms with Gasteiger partial charge in [-0.2, -0.15) is 0 Å². The van der Waals surface area contributed by atoms with Crippen molar-refractivity contribution in [3.8, 4) is 5.75 Å². The van der Waals surface area contributed by atoms with Crippen LogP contribution in [-0.2, 0) is 35.3 Å². The van der Waals surface area contributed by atoms with Crippen molar-refractivity contribution >= 4 is 35.5 Å². The van der Waals surface area contributed by atoms with Crippen LogP contribution in [0.4, 0.5) is 10.5 Å². The first-order valence-electron chi connectivity index (χ1n) is 10.7. The van der Waals surface area contributed by atoms with E-state index in [4.69, 9.17) is 9.47 Å². The van der Waals surface area contributed by atoms with E-state index in [0.717, 1.165) is 24.8 Å². The molecule has 3 N–H and O–H groups in total. The summed E-state index contributed by atoms with van der Waals surface area (Å²) in [6, 6.07) is 12.1. The fourth-order valence-electron chi connectivity index (χ4n) is 2.72. The predicted molar refractivity (Wildman–Crippen MR) is 125 cm³/mol. The average Bonchev–Trinajstić information content (AvgIpc) is 2.89. The van der Waals surface area contributed by atoms with Gasteiger partial charge in [0, 0.05) is 12.1 Å². The van der Waals surface area contributed by atoms with Gasteiger partial charge in [0.05, 0.1) is 18.5 Å². The molecular formula is C23H24N4O10.